The van der Waals surface area contributed by atoms with Crippen LogP contribution in [0.1, 0.15) is 0 Å². The zero-order valence-corrected chi connectivity index (χ0v) is 45.5. The molecule has 82 heavy (non-hydrogen) atoms. The quantitative estimate of drug-likeness (QED) is 0.138. The van der Waals surface area contributed by atoms with Crippen LogP contribution in [-0.2, 0) is 0 Å². The van der Waals surface area contributed by atoms with Crippen LogP contribution in [0.5, 0.6) is 0 Å². The van der Waals surface area contributed by atoms with E-state index in [1.54, 1.807) is 0 Å². The summed E-state index contributed by atoms with van der Waals surface area (Å²) in [4.78, 5) is 2.69. The maximum atomic E-state index is 2.69. The van der Waals surface area contributed by atoms with E-state index in [0.29, 0.717) is 0 Å². The highest BCUT2D eigenvalue weighted by molar-refractivity contribution is 7.26. The number of anilines is 3. The Bertz CT molecular complexity index is 4930. The van der Waals surface area contributed by atoms with Crippen LogP contribution in [0.3, 0.4) is 0 Å². The van der Waals surface area contributed by atoms with Gasteiger partial charge in [0.25, 0.3) is 6.71 Å². The third-order valence-corrected chi connectivity index (χ3v) is 18.5. The maximum Gasteiger partial charge on any atom is 0.252 e. The lowest BCUT2D eigenvalue weighted by Crippen LogP contribution is -2.60. The van der Waals surface area contributed by atoms with Crippen LogP contribution in [0.4, 0.5) is 17.1 Å². The lowest BCUT2D eigenvalue weighted by Gasteiger charge is -2.42. The maximum absolute atomic E-state index is 2.69. The molecule has 2 aliphatic rings. The summed E-state index contributed by atoms with van der Waals surface area (Å²) in [7, 11) is 0. The SMILES string of the molecule is c1ccc(-c2cccc(-c3cccc(-c4cccc(-c5ccccc5)c4)c3N3c4cc5c(cc4B4c6c3cc(-c3ccccc3)cc6-n3c6ccc(-c7ccccc7)cc6c6cc(-c7ccccc7)cc4c63)sc3ccccc35)c2)cc1. The molecule has 17 rings (SSSR count). The van der Waals surface area contributed by atoms with Crippen LogP contribution in [0.15, 0.2) is 297 Å². The number of thiophene rings is 1. The van der Waals surface area contributed by atoms with Crippen LogP contribution in [0, 0.1) is 0 Å². The first-order chi connectivity index (χ1) is 40.7. The number of para-hydroxylation sites is 1. The molecule has 380 valence electrons. The molecule has 15 aromatic rings. The van der Waals surface area contributed by atoms with E-state index in [9.17, 15) is 0 Å². The third kappa shape index (κ3) is 7.35. The largest absolute Gasteiger partial charge is 0.310 e. The number of nitrogens with zero attached hydrogens (tertiary/aromatic N) is 2. The van der Waals surface area contributed by atoms with Crippen molar-refractivity contribution in [1.29, 1.82) is 0 Å². The monoisotopic (exact) mass is 1060 g/mol. The van der Waals surface area contributed by atoms with Gasteiger partial charge in [-0.05, 0) is 144 Å². The highest BCUT2D eigenvalue weighted by Crippen LogP contribution is 2.52. The van der Waals surface area contributed by atoms with Crippen molar-refractivity contribution in [2.75, 3.05) is 4.90 Å². The molecule has 2 nitrogen and oxygen atoms in total. The fourth-order valence-electron chi connectivity index (χ4n) is 13.6. The molecule has 0 saturated carbocycles. The van der Waals surface area contributed by atoms with Crippen molar-refractivity contribution in [2.24, 2.45) is 0 Å². The van der Waals surface area contributed by atoms with Crippen molar-refractivity contribution in [3.63, 3.8) is 0 Å². The van der Waals surface area contributed by atoms with E-state index in [2.05, 4.69) is 307 Å². The minimum atomic E-state index is -0.120. The van der Waals surface area contributed by atoms with Crippen molar-refractivity contribution in [1.82, 2.24) is 4.57 Å². The Morgan fingerprint density at radius 3 is 1.34 bits per heavy atom. The predicted octanol–water partition coefficient (Wildman–Crippen LogP) is 19.4. The van der Waals surface area contributed by atoms with E-state index in [1.807, 2.05) is 11.3 Å². The van der Waals surface area contributed by atoms with Gasteiger partial charge in [0, 0.05) is 64.7 Å². The van der Waals surface area contributed by atoms with Gasteiger partial charge < -0.3 is 9.47 Å². The number of aromatic nitrogens is 1. The van der Waals surface area contributed by atoms with Gasteiger partial charge >= 0.3 is 0 Å². The van der Waals surface area contributed by atoms with Crippen LogP contribution in [0.2, 0.25) is 0 Å². The lowest BCUT2D eigenvalue weighted by molar-refractivity contribution is 1.18. The predicted molar refractivity (Wildman–Crippen MR) is 351 cm³/mol. The van der Waals surface area contributed by atoms with Crippen molar-refractivity contribution in [3.05, 3.63) is 297 Å². The Balaban J connectivity index is 1.04. The highest BCUT2D eigenvalue weighted by atomic mass is 32.1. The Morgan fingerprint density at radius 1 is 0.268 bits per heavy atom. The molecule has 0 spiro atoms. The molecular formula is C78H49BN2S. The van der Waals surface area contributed by atoms with E-state index in [-0.39, 0.29) is 6.71 Å². The number of hydrogen-bond acceptors (Lipinski definition) is 2. The molecule has 0 aliphatic carbocycles. The summed E-state index contributed by atoms with van der Waals surface area (Å²) in [5.41, 5.74) is 27.6. The van der Waals surface area contributed by atoms with Crippen LogP contribution in [-0.4, -0.2) is 11.3 Å². The summed E-state index contributed by atoms with van der Waals surface area (Å²) in [6, 6.07) is 111. The van der Waals surface area contributed by atoms with E-state index >= 15 is 0 Å². The zero-order valence-electron chi connectivity index (χ0n) is 44.7. The number of fused-ring (bicyclic) bond motifs is 10. The summed E-state index contributed by atoms with van der Waals surface area (Å²) in [5, 5.41) is 5.05. The average Bonchev–Trinajstić information content (AvgIpc) is 1.42. The van der Waals surface area contributed by atoms with Gasteiger partial charge in [-0.25, -0.2) is 0 Å². The standard InChI is InChI=1S/C78H49BN2S/c1-6-21-50(22-7-1)55-31-18-33-58(41-55)62-36-20-37-63(59-34-19-32-56(42-59)51-23-8-2-9-24-51)77(62)81-71-48-66-64-35-16-17-38-74(64)82-75(66)49-68(71)79-69-45-60(53-27-12-4-13-28-53)44-67-65-43-57(52-25-10-3-11-26-52)39-40-70(65)80(78(67)69)72-46-61(47-73(81)76(72)79)54-29-14-5-15-30-54/h1-49H. The molecule has 0 unspecified atom stereocenters. The molecule has 0 N–H and O–H groups in total. The summed E-state index contributed by atoms with van der Waals surface area (Å²) in [6.07, 6.45) is 0. The van der Waals surface area contributed by atoms with E-state index in [0.717, 1.165) is 27.9 Å². The second-order valence-corrected chi connectivity index (χ2v) is 23.0. The number of benzene rings is 13. The van der Waals surface area contributed by atoms with Gasteiger partial charge in [0.15, 0.2) is 0 Å². The summed E-state index contributed by atoms with van der Waals surface area (Å²) in [6.45, 7) is -0.120. The fourth-order valence-corrected chi connectivity index (χ4v) is 14.8. The van der Waals surface area contributed by atoms with Gasteiger partial charge in [0.1, 0.15) is 0 Å². The van der Waals surface area contributed by atoms with Gasteiger partial charge in [-0.3, -0.25) is 0 Å². The Hall–Kier alpha value is -10.3. The van der Waals surface area contributed by atoms with E-state index < -0.39 is 0 Å². The smallest absolute Gasteiger partial charge is 0.252 e. The van der Waals surface area contributed by atoms with Crippen molar-refractivity contribution < 1.29 is 0 Å². The van der Waals surface area contributed by atoms with Crippen molar-refractivity contribution in [3.8, 4) is 83.6 Å². The zero-order chi connectivity index (χ0) is 53.8. The number of hydrogen-bond donors (Lipinski definition) is 0. The summed E-state index contributed by atoms with van der Waals surface area (Å²) >= 11 is 1.90. The number of rotatable bonds is 8. The molecule has 2 aromatic heterocycles. The highest BCUT2D eigenvalue weighted by Gasteiger charge is 2.44. The summed E-state index contributed by atoms with van der Waals surface area (Å²) < 4.78 is 5.21. The topological polar surface area (TPSA) is 8.17 Å². The molecule has 0 saturated heterocycles. The van der Waals surface area contributed by atoms with Gasteiger partial charge in [-0.2, -0.15) is 0 Å². The second kappa shape index (κ2) is 18.7. The molecule has 0 radical (unpaired) electrons. The van der Waals surface area contributed by atoms with Crippen molar-refractivity contribution >= 4 is 93.5 Å². The van der Waals surface area contributed by atoms with Gasteiger partial charge in [-0.1, -0.05) is 237 Å². The van der Waals surface area contributed by atoms with Crippen LogP contribution >= 0.6 is 11.3 Å². The Morgan fingerprint density at radius 2 is 0.744 bits per heavy atom. The molecule has 0 amide bonds. The van der Waals surface area contributed by atoms with Gasteiger partial charge in [-0.15, -0.1) is 11.3 Å². The average molecular weight is 1060 g/mol. The molecular weight excluding hydrogens is 1010 g/mol. The van der Waals surface area contributed by atoms with E-state index in [1.165, 1.54) is 131 Å². The molecule has 4 heterocycles. The van der Waals surface area contributed by atoms with Crippen LogP contribution < -0.4 is 21.3 Å². The molecule has 0 fully saturated rings. The minimum absolute atomic E-state index is 0.120. The van der Waals surface area contributed by atoms with Crippen LogP contribution in [0.25, 0.3) is 126 Å². The molecule has 2 aliphatic heterocycles. The van der Waals surface area contributed by atoms with Gasteiger partial charge in [0.05, 0.1) is 11.2 Å². The minimum Gasteiger partial charge on any atom is -0.310 e. The second-order valence-electron chi connectivity index (χ2n) is 21.9. The van der Waals surface area contributed by atoms with Gasteiger partial charge in [0.2, 0.25) is 0 Å². The molecule has 4 heteroatoms. The Labute approximate surface area is 480 Å². The first-order valence-electron chi connectivity index (χ1n) is 28.3. The molecule has 0 atom stereocenters. The first kappa shape index (κ1) is 46.6. The summed E-state index contributed by atoms with van der Waals surface area (Å²) in [5.74, 6) is 0. The van der Waals surface area contributed by atoms with Crippen molar-refractivity contribution in [2.45, 2.75) is 0 Å². The molecule has 13 aromatic carbocycles. The third-order valence-electron chi connectivity index (χ3n) is 17.3. The first-order valence-corrected chi connectivity index (χ1v) is 29.2. The normalized spacial score (nSPS) is 12.3. The molecule has 0 bridgehead atoms. The van der Waals surface area contributed by atoms with E-state index in [4.69, 9.17) is 0 Å². The Kier molecular flexibility index (Phi) is 10.6. The fraction of sp³-hybridized carbons (Fsp3) is 0. The lowest BCUT2D eigenvalue weighted by atomic mass is 9.33.